The van der Waals surface area contributed by atoms with Gasteiger partial charge < -0.3 is 15.2 Å². The van der Waals surface area contributed by atoms with Crippen molar-refractivity contribution in [1.29, 1.82) is 0 Å². The van der Waals surface area contributed by atoms with E-state index in [1.165, 1.54) is 0 Å². The van der Waals surface area contributed by atoms with Crippen molar-refractivity contribution in [3.05, 3.63) is 24.0 Å². The van der Waals surface area contributed by atoms with Crippen molar-refractivity contribution in [2.24, 2.45) is 11.7 Å². The lowest BCUT2D eigenvalue weighted by atomic mass is 9.91. The van der Waals surface area contributed by atoms with E-state index in [4.69, 9.17) is 5.73 Å². The molecule has 4 heteroatoms. The Balaban J connectivity index is 1.99. The number of amides is 1. The quantitative estimate of drug-likeness (QED) is 0.904. The number of hydrogen-bond acceptors (Lipinski definition) is 2. The third kappa shape index (κ3) is 3.18. The summed E-state index contributed by atoms with van der Waals surface area (Å²) in [5.41, 5.74) is 6.76. The molecule has 2 heterocycles. The van der Waals surface area contributed by atoms with Gasteiger partial charge in [0.2, 0.25) is 0 Å². The normalized spacial score (nSPS) is 18.6. The number of nitrogens with zero attached hydrogens (tertiary/aromatic N) is 2. The lowest BCUT2D eigenvalue weighted by Gasteiger charge is -2.33. The standard InChI is InChI=1S/C15H25N3O/c1-3-8-17-9-4-5-14(17)15(19)18-10-6-13(7-11-18)12(2)16/h4-5,9,12-13H,3,6-8,10-11,16H2,1-2H3. The van der Waals surface area contributed by atoms with Gasteiger partial charge in [0.1, 0.15) is 5.69 Å². The molecule has 0 bridgehead atoms. The Morgan fingerprint density at radius 2 is 2.16 bits per heavy atom. The van der Waals surface area contributed by atoms with Crippen molar-refractivity contribution in [2.75, 3.05) is 13.1 Å². The van der Waals surface area contributed by atoms with Crippen LogP contribution in [-0.4, -0.2) is 34.5 Å². The molecule has 1 saturated heterocycles. The van der Waals surface area contributed by atoms with Gasteiger partial charge in [0, 0.05) is 31.9 Å². The highest BCUT2D eigenvalue weighted by Crippen LogP contribution is 2.21. The molecule has 0 radical (unpaired) electrons. The number of carbonyl (C=O) groups is 1. The van der Waals surface area contributed by atoms with Gasteiger partial charge in [0.25, 0.3) is 5.91 Å². The van der Waals surface area contributed by atoms with E-state index in [0.29, 0.717) is 5.92 Å². The number of piperidine rings is 1. The number of aryl methyl sites for hydroxylation is 1. The number of nitrogens with two attached hydrogens (primary N) is 1. The minimum absolute atomic E-state index is 0.168. The largest absolute Gasteiger partial charge is 0.344 e. The summed E-state index contributed by atoms with van der Waals surface area (Å²) in [6.07, 6.45) is 5.09. The maximum Gasteiger partial charge on any atom is 0.270 e. The average Bonchev–Trinajstić information content (AvgIpc) is 2.87. The number of likely N-dealkylation sites (tertiary alicyclic amines) is 1. The Morgan fingerprint density at radius 1 is 1.47 bits per heavy atom. The number of aromatic nitrogens is 1. The summed E-state index contributed by atoms with van der Waals surface area (Å²) in [6.45, 7) is 6.77. The summed E-state index contributed by atoms with van der Waals surface area (Å²) in [4.78, 5) is 14.5. The lowest BCUT2D eigenvalue weighted by molar-refractivity contribution is 0.0670. The third-order valence-electron chi connectivity index (χ3n) is 4.08. The molecule has 1 aliphatic heterocycles. The van der Waals surface area contributed by atoms with E-state index in [0.717, 1.165) is 44.6 Å². The summed E-state index contributed by atoms with van der Waals surface area (Å²) in [6, 6.07) is 4.12. The van der Waals surface area contributed by atoms with Gasteiger partial charge in [-0.3, -0.25) is 4.79 Å². The van der Waals surface area contributed by atoms with Crippen LogP contribution in [0.2, 0.25) is 0 Å². The van der Waals surface area contributed by atoms with Gasteiger partial charge in [0.05, 0.1) is 0 Å². The molecule has 1 aromatic heterocycles. The van der Waals surface area contributed by atoms with E-state index in [1.807, 2.05) is 23.2 Å². The second-order valence-corrected chi connectivity index (χ2v) is 5.58. The van der Waals surface area contributed by atoms with Crippen LogP contribution in [0.5, 0.6) is 0 Å². The van der Waals surface area contributed by atoms with Crippen molar-refractivity contribution in [3.63, 3.8) is 0 Å². The smallest absolute Gasteiger partial charge is 0.270 e. The van der Waals surface area contributed by atoms with Gasteiger partial charge in [-0.1, -0.05) is 6.92 Å². The molecule has 19 heavy (non-hydrogen) atoms. The average molecular weight is 263 g/mol. The molecule has 106 valence electrons. The molecule has 1 atom stereocenters. The van der Waals surface area contributed by atoms with Crippen LogP contribution < -0.4 is 5.73 Å². The molecular formula is C15H25N3O. The first kappa shape index (κ1) is 14.1. The molecular weight excluding hydrogens is 238 g/mol. The Labute approximate surface area is 115 Å². The zero-order valence-corrected chi connectivity index (χ0v) is 12.0. The van der Waals surface area contributed by atoms with E-state index in [2.05, 4.69) is 18.4 Å². The highest BCUT2D eigenvalue weighted by molar-refractivity contribution is 5.92. The fraction of sp³-hybridized carbons (Fsp3) is 0.667. The first-order chi connectivity index (χ1) is 9.13. The molecule has 2 N–H and O–H groups in total. The predicted molar refractivity (Wildman–Crippen MR) is 77.0 cm³/mol. The van der Waals surface area contributed by atoms with Crippen LogP contribution in [-0.2, 0) is 6.54 Å². The SMILES string of the molecule is CCCn1cccc1C(=O)N1CCC(C(C)N)CC1. The molecule has 1 aliphatic rings. The van der Waals surface area contributed by atoms with Gasteiger partial charge in [-0.05, 0) is 44.2 Å². The monoisotopic (exact) mass is 263 g/mol. The summed E-state index contributed by atoms with van der Waals surface area (Å²) in [5.74, 6) is 0.730. The number of rotatable bonds is 4. The summed E-state index contributed by atoms with van der Waals surface area (Å²) >= 11 is 0. The molecule has 0 aromatic carbocycles. The highest BCUT2D eigenvalue weighted by Gasteiger charge is 2.26. The molecule has 2 rings (SSSR count). The molecule has 1 amide bonds. The van der Waals surface area contributed by atoms with Crippen LogP contribution in [0, 0.1) is 5.92 Å². The predicted octanol–water partition coefficient (Wildman–Crippen LogP) is 2.10. The van der Waals surface area contributed by atoms with Gasteiger partial charge >= 0.3 is 0 Å². The van der Waals surface area contributed by atoms with Crippen LogP contribution in [0.25, 0.3) is 0 Å². The van der Waals surface area contributed by atoms with E-state index in [-0.39, 0.29) is 11.9 Å². The minimum Gasteiger partial charge on any atom is -0.344 e. The maximum absolute atomic E-state index is 12.5. The topological polar surface area (TPSA) is 51.3 Å². The lowest BCUT2D eigenvalue weighted by Crippen LogP contribution is -2.43. The van der Waals surface area contributed by atoms with E-state index < -0.39 is 0 Å². The molecule has 0 aliphatic carbocycles. The van der Waals surface area contributed by atoms with Gasteiger partial charge in [0.15, 0.2) is 0 Å². The van der Waals surface area contributed by atoms with Crippen LogP contribution in [0.3, 0.4) is 0 Å². The van der Waals surface area contributed by atoms with Crippen LogP contribution in [0.15, 0.2) is 18.3 Å². The molecule has 0 saturated carbocycles. The van der Waals surface area contributed by atoms with Gasteiger partial charge in [-0.2, -0.15) is 0 Å². The molecule has 4 nitrogen and oxygen atoms in total. The van der Waals surface area contributed by atoms with Crippen molar-refractivity contribution < 1.29 is 4.79 Å². The molecule has 1 fully saturated rings. The summed E-state index contributed by atoms with van der Waals surface area (Å²) in [5, 5.41) is 0. The zero-order chi connectivity index (χ0) is 13.8. The van der Waals surface area contributed by atoms with Gasteiger partial charge in [-0.15, -0.1) is 0 Å². The van der Waals surface area contributed by atoms with Crippen molar-refractivity contribution in [3.8, 4) is 0 Å². The van der Waals surface area contributed by atoms with Crippen molar-refractivity contribution in [1.82, 2.24) is 9.47 Å². The van der Waals surface area contributed by atoms with Crippen LogP contribution in [0.4, 0.5) is 0 Å². The van der Waals surface area contributed by atoms with E-state index in [9.17, 15) is 4.79 Å². The van der Waals surface area contributed by atoms with Crippen LogP contribution in [0.1, 0.15) is 43.6 Å². The fourth-order valence-corrected chi connectivity index (χ4v) is 2.83. The third-order valence-corrected chi connectivity index (χ3v) is 4.08. The second kappa shape index (κ2) is 6.24. The Hall–Kier alpha value is -1.29. The van der Waals surface area contributed by atoms with Crippen molar-refractivity contribution >= 4 is 5.91 Å². The number of hydrogen-bond donors (Lipinski definition) is 1. The maximum atomic E-state index is 12.5. The van der Waals surface area contributed by atoms with Crippen molar-refractivity contribution in [2.45, 2.75) is 45.7 Å². The summed E-state index contributed by atoms with van der Waals surface area (Å²) < 4.78 is 2.06. The highest BCUT2D eigenvalue weighted by atomic mass is 16.2. The van der Waals surface area contributed by atoms with Gasteiger partial charge in [-0.25, -0.2) is 0 Å². The molecule has 1 aromatic rings. The number of carbonyl (C=O) groups excluding carboxylic acids is 1. The zero-order valence-electron chi connectivity index (χ0n) is 12.0. The first-order valence-corrected chi connectivity index (χ1v) is 7.33. The Bertz CT molecular complexity index is 417. The fourth-order valence-electron chi connectivity index (χ4n) is 2.83. The van der Waals surface area contributed by atoms with E-state index >= 15 is 0 Å². The first-order valence-electron chi connectivity index (χ1n) is 7.33. The summed E-state index contributed by atoms with van der Waals surface area (Å²) in [7, 11) is 0. The van der Waals surface area contributed by atoms with E-state index in [1.54, 1.807) is 0 Å². The molecule has 0 spiro atoms. The Kier molecular flexibility index (Phi) is 4.64. The Morgan fingerprint density at radius 3 is 2.74 bits per heavy atom. The van der Waals surface area contributed by atoms with Crippen LogP contribution >= 0.6 is 0 Å². The molecule has 1 unspecified atom stereocenters. The minimum atomic E-state index is 0.168. The second-order valence-electron chi connectivity index (χ2n) is 5.58.